The lowest BCUT2D eigenvalue weighted by Crippen LogP contribution is -2.28. The quantitative estimate of drug-likeness (QED) is 0.667. The van der Waals surface area contributed by atoms with Gasteiger partial charge in [-0.15, -0.1) is 0 Å². The Balaban J connectivity index is 1.79. The van der Waals surface area contributed by atoms with Gasteiger partial charge in [-0.25, -0.2) is 9.67 Å². The van der Waals surface area contributed by atoms with Gasteiger partial charge in [0.25, 0.3) is 5.89 Å². The Morgan fingerprint density at radius 3 is 2.96 bits per heavy atom. The zero-order chi connectivity index (χ0) is 17.9. The van der Waals surface area contributed by atoms with E-state index in [0.29, 0.717) is 17.3 Å². The van der Waals surface area contributed by atoms with Crippen LogP contribution < -0.4 is 5.32 Å². The normalized spacial score (nSPS) is 15.4. The second kappa shape index (κ2) is 7.20. The van der Waals surface area contributed by atoms with Crippen molar-refractivity contribution in [3.05, 3.63) is 18.2 Å². The molecule has 9 heteroatoms. The number of hydrogen-bond acceptors (Lipinski definition) is 8. The second-order valence-corrected chi connectivity index (χ2v) is 6.16. The van der Waals surface area contributed by atoms with Crippen molar-refractivity contribution in [1.82, 2.24) is 24.9 Å². The highest BCUT2D eigenvalue weighted by molar-refractivity contribution is 5.96. The van der Waals surface area contributed by atoms with Crippen molar-refractivity contribution < 1.29 is 14.1 Å². The van der Waals surface area contributed by atoms with Gasteiger partial charge >= 0.3 is 0 Å². The lowest BCUT2D eigenvalue weighted by molar-refractivity contribution is -0.107. The van der Waals surface area contributed by atoms with Crippen LogP contribution >= 0.6 is 0 Å². The van der Waals surface area contributed by atoms with Crippen LogP contribution in [0.25, 0.3) is 22.5 Å². The molecular weight excluding hydrogens is 336 g/mol. The molecule has 3 aromatic rings. The predicted molar refractivity (Wildman–Crippen MR) is 93.7 cm³/mol. The molecule has 0 atom stereocenters. The maximum absolute atomic E-state index is 10.7. The van der Waals surface area contributed by atoms with Crippen LogP contribution in [0.4, 0.5) is 5.69 Å². The van der Waals surface area contributed by atoms with E-state index in [4.69, 9.17) is 9.26 Å². The number of ether oxygens (including phenoxy) is 1. The maximum atomic E-state index is 10.7. The van der Waals surface area contributed by atoms with Gasteiger partial charge in [-0.3, -0.25) is 0 Å². The molecule has 0 aromatic carbocycles. The number of pyridine rings is 1. The van der Waals surface area contributed by atoms with Gasteiger partial charge in [0, 0.05) is 32.0 Å². The van der Waals surface area contributed by atoms with E-state index in [2.05, 4.69) is 25.5 Å². The van der Waals surface area contributed by atoms with Crippen LogP contribution in [-0.2, 0) is 22.5 Å². The van der Waals surface area contributed by atoms with Gasteiger partial charge in [-0.1, -0.05) is 5.16 Å². The second-order valence-electron chi connectivity index (χ2n) is 6.16. The summed E-state index contributed by atoms with van der Waals surface area (Å²) in [6.07, 6.45) is 6.24. The van der Waals surface area contributed by atoms with Crippen molar-refractivity contribution in [1.29, 1.82) is 0 Å². The number of aryl methyl sites for hydroxylation is 1. The van der Waals surface area contributed by atoms with Gasteiger partial charge in [0.15, 0.2) is 11.5 Å². The first-order valence-corrected chi connectivity index (χ1v) is 8.75. The summed E-state index contributed by atoms with van der Waals surface area (Å²) < 4.78 is 12.7. The molecule has 3 aromatic heterocycles. The maximum Gasteiger partial charge on any atom is 0.261 e. The zero-order valence-electron chi connectivity index (χ0n) is 14.5. The van der Waals surface area contributed by atoms with Crippen molar-refractivity contribution in [3.8, 4) is 11.5 Å². The van der Waals surface area contributed by atoms with Crippen molar-refractivity contribution in [2.75, 3.05) is 18.5 Å². The summed E-state index contributed by atoms with van der Waals surface area (Å²) in [6.45, 7) is 4.23. The van der Waals surface area contributed by atoms with E-state index in [1.54, 1.807) is 12.4 Å². The molecule has 1 N–H and O–H groups in total. The highest BCUT2D eigenvalue weighted by atomic mass is 16.5. The first-order chi connectivity index (χ1) is 12.8. The third-order valence-corrected chi connectivity index (χ3v) is 4.50. The molecule has 0 spiro atoms. The molecule has 136 valence electrons. The monoisotopic (exact) mass is 356 g/mol. The number of anilines is 1. The molecule has 1 aliphatic heterocycles. The van der Waals surface area contributed by atoms with Crippen molar-refractivity contribution >= 4 is 23.0 Å². The van der Waals surface area contributed by atoms with Crippen LogP contribution in [0.1, 0.15) is 25.6 Å². The van der Waals surface area contributed by atoms with E-state index in [1.807, 2.05) is 11.6 Å². The van der Waals surface area contributed by atoms with Gasteiger partial charge in [0.1, 0.15) is 6.29 Å². The number of carbonyl (C=O) groups is 1. The van der Waals surface area contributed by atoms with E-state index in [9.17, 15) is 4.79 Å². The Labute approximate surface area is 149 Å². The average Bonchev–Trinajstić information content (AvgIpc) is 3.30. The van der Waals surface area contributed by atoms with E-state index < -0.39 is 0 Å². The minimum atomic E-state index is 0.121. The number of hydrogen-bond donors (Lipinski definition) is 1. The van der Waals surface area contributed by atoms with E-state index in [0.717, 1.165) is 55.6 Å². The molecule has 0 amide bonds. The Morgan fingerprint density at radius 1 is 1.35 bits per heavy atom. The van der Waals surface area contributed by atoms with E-state index in [1.165, 1.54) is 0 Å². The predicted octanol–water partition coefficient (Wildman–Crippen LogP) is 1.83. The molecule has 4 heterocycles. The van der Waals surface area contributed by atoms with Crippen LogP contribution in [0.15, 0.2) is 16.9 Å². The molecule has 0 unspecified atom stereocenters. The molecule has 1 aliphatic rings. The summed E-state index contributed by atoms with van der Waals surface area (Å²) in [4.78, 5) is 19.5. The molecule has 4 rings (SSSR count). The van der Waals surface area contributed by atoms with Gasteiger partial charge in [0.05, 0.1) is 29.3 Å². The number of aldehydes is 1. The number of carbonyl (C=O) groups excluding carboxylic acids is 1. The molecule has 0 bridgehead atoms. The highest BCUT2D eigenvalue weighted by Crippen LogP contribution is 2.34. The lowest BCUT2D eigenvalue weighted by atomic mass is 10.1. The Morgan fingerprint density at radius 2 is 2.19 bits per heavy atom. The minimum absolute atomic E-state index is 0.121. The SMILES string of the molecule is CCn1ncc2c(NC3CCOCC3)c(-c3nc(CC=O)no3)cnc21. The largest absolute Gasteiger partial charge is 0.381 e. The molecule has 26 heavy (non-hydrogen) atoms. The first kappa shape index (κ1) is 16.6. The van der Waals surface area contributed by atoms with Crippen molar-refractivity contribution in [2.45, 2.75) is 38.8 Å². The van der Waals surface area contributed by atoms with Crippen molar-refractivity contribution in [2.24, 2.45) is 0 Å². The van der Waals surface area contributed by atoms with E-state index in [-0.39, 0.29) is 12.5 Å². The fourth-order valence-electron chi connectivity index (χ4n) is 3.14. The number of rotatable bonds is 6. The van der Waals surface area contributed by atoms with Crippen LogP contribution in [0, 0.1) is 0 Å². The van der Waals surface area contributed by atoms with Crippen LogP contribution in [0.3, 0.4) is 0 Å². The third kappa shape index (κ3) is 3.05. The molecule has 9 nitrogen and oxygen atoms in total. The Hall–Kier alpha value is -2.81. The number of nitrogens with one attached hydrogen (secondary N) is 1. The Bertz CT molecular complexity index is 913. The average molecular weight is 356 g/mol. The van der Waals surface area contributed by atoms with Gasteiger partial charge in [-0.2, -0.15) is 10.1 Å². The fraction of sp³-hybridized carbons (Fsp3) is 0.471. The molecule has 1 fully saturated rings. The summed E-state index contributed by atoms with van der Waals surface area (Å²) >= 11 is 0. The number of fused-ring (bicyclic) bond motifs is 1. The standard InChI is InChI=1S/C17H20N6O3/c1-2-23-16-12(10-19-23)15(20-11-4-7-25-8-5-11)13(9-18-16)17-21-14(3-6-24)22-26-17/h6,9-11H,2-5,7-8H2,1H3,(H,18,20). The van der Waals surface area contributed by atoms with Crippen LogP contribution in [-0.4, -0.2) is 50.4 Å². The number of aromatic nitrogens is 5. The first-order valence-electron chi connectivity index (χ1n) is 8.75. The summed E-state index contributed by atoms with van der Waals surface area (Å²) in [5.74, 6) is 0.700. The summed E-state index contributed by atoms with van der Waals surface area (Å²) in [5, 5.41) is 12.8. The fourth-order valence-corrected chi connectivity index (χ4v) is 3.14. The lowest BCUT2D eigenvalue weighted by Gasteiger charge is -2.25. The third-order valence-electron chi connectivity index (χ3n) is 4.50. The molecule has 0 aliphatic carbocycles. The van der Waals surface area contributed by atoms with Crippen LogP contribution in [0.2, 0.25) is 0 Å². The van der Waals surface area contributed by atoms with Gasteiger partial charge in [0.2, 0.25) is 0 Å². The summed E-state index contributed by atoms with van der Waals surface area (Å²) in [7, 11) is 0. The molecule has 0 radical (unpaired) electrons. The number of nitrogens with zero attached hydrogens (tertiary/aromatic N) is 5. The Kier molecular flexibility index (Phi) is 4.61. The van der Waals surface area contributed by atoms with E-state index >= 15 is 0 Å². The summed E-state index contributed by atoms with van der Waals surface area (Å²) in [6, 6.07) is 0.287. The molecular formula is C17H20N6O3. The molecule has 0 saturated carbocycles. The smallest absolute Gasteiger partial charge is 0.261 e. The molecule has 1 saturated heterocycles. The highest BCUT2D eigenvalue weighted by Gasteiger charge is 2.22. The topological polar surface area (TPSA) is 108 Å². The zero-order valence-corrected chi connectivity index (χ0v) is 14.5. The van der Waals surface area contributed by atoms with Crippen molar-refractivity contribution in [3.63, 3.8) is 0 Å². The minimum Gasteiger partial charge on any atom is -0.381 e. The van der Waals surface area contributed by atoms with Crippen LogP contribution in [0.5, 0.6) is 0 Å². The van der Waals surface area contributed by atoms with Gasteiger partial charge in [-0.05, 0) is 19.8 Å². The van der Waals surface area contributed by atoms with Gasteiger partial charge < -0.3 is 19.4 Å². The summed E-state index contributed by atoms with van der Waals surface area (Å²) in [5.41, 5.74) is 2.39.